The summed E-state index contributed by atoms with van der Waals surface area (Å²) in [6, 6.07) is 6.75. The molecule has 3 N–H and O–H groups in total. The third kappa shape index (κ3) is 3.68. The highest BCUT2D eigenvalue weighted by molar-refractivity contribution is 6.33. The number of nitrogens with zero attached hydrogens (tertiary/aromatic N) is 1. The number of carbonyl (C=O) groups excluding carboxylic acids is 2. The summed E-state index contributed by atoms with van der Waals surface area (Å²) in [6.07, 6.45) is 4.77. The van der Waals surface area contributed by atoms with E-state index in [1.54, 1.807) is 11.0 Å². The lowest BCUT2D eigenvalue weighted by atomic mass is 9.96. The molecule has 1 atom stereocenters. The zero-order valence-electron chi connectivity index (χ0n) is 13.5. The van der Waals surface area contributed by atoms with Crippen LogP contribution in [0.1, 0.15) is 38.5 Å². The summed E-state index contributed by atoms with van der Waals surface area (Å²) in [7, 11) is 0. The normalized spacial score (nSPS) is 22.8. The third-order valence-corrected chi connectivity index (χ3v) is 5.15. The number of hydrogen-bond acceptors (Lipinski definition) is 3. The van der Waals surface area contributed by atoms with Gasteiger partial charge in [-0.05, 0) is 37.8 Å². The van der Waals surface area contributed by atoms with E-state index in [1.165, 1.54) is 0 Å². The van der Waals surface area contributed by atoms with Gasteiger partial charge in [0.15, 0.2) is 0 Å². The van der Waals surface area contributed by atoms with E-state index in [0.29, 0.717) is 36.5 Å². The molecule has 2 amide bonds. The van der Waals surface area contributed by atoms with Crippen molar-refractivity contribution in [1.82, 2.24) is 5.32 Å². The Morgan fingerprint density at radius 1 is 1.25 bits per heavy atom. The Morgan fingerprint density at radius 3 is 2.58 bits per heavy atom. The van der Waals surface area contributed by atoms with Crippen molar-refractivity contribution in [3.05, 3.63) is 29.3 Å². The molecule has 1 aromatic rings. The first-order chi connectivity index (χ1) is 11.0. The van der Waals surface area contributed by atoms with Crippen LogP contribution in [0.4, 0.5) is 5.69 Å². The number of nitrogens with one attached hydrogen (secondary N) is 1. The average molecular weight is 372 g/mol. The van der Waals surface area contributed by atoms with Crippen LogP contribution in [0.15, 0.2) is 24.3 Å². The van der Waals surface area contributed by atoms with Crippen molar-refractivity contribution in [2.45, 2.75) is 50.1 Å². The van der Waals surface area contributed by atoms with E-state index in [-0.39, 0.29) is 24.2 Å². The van der Waals surface area contributed by atoms with Gasteiger partial charge in [0, 0.05) is 6.54 Å². The SMILES string of the molecule is Cl.NC1(C(=O)NC2CCCN(c3ccccc3Cl)C2=O)CCCC1. The number of nitrogens with two attached hydrogens (primary N) is 1. The monoisotopic (exact) mass is 371 g/mol. The standard InChI is InChI=1S/C17H22ClN3O2.ClH/c18-12-6-1-2-8-14(12)21-11-5-7-13(15(21)22)20-16(23)17(19)9-3-4-10-17;/h1-2,6,8,13H,3-5,7,9-11,19H2,(H,20,23);1H. The number of piperidine rings is 1. The van der Waals surface area contributed by atoms with E-state index in [4.69, 9.17) is 17.3 Å². The summed E-state index contributed by atoms with van der Waals surface area (Å²) in [5, 5.41) is 3.41. The second-order valence-corrected chi connectivity index (χ2v) is 6.88. The van der Waals surface area contributed by atoms with Gasteiger partial charge < -0.3 is 16.0 Å². The molecule has 132 valence electrons. The van der Waals surface area contributed by atoms with Crippen molar-refractivity contribution >= 4 is 41.5 Å². The lowest BCUT2D eigenvalue weighted by molar-refractivity contribution is -0.131. The second-order valence-electron chi connectivity index (χ2n) is 6.47. The highest BCUT2D eigenvalue weighted by Crippen LogP contribution is 2.30. The van der Waals surface area contributed by atoms with E-state index >= 15 is 0 Å². The van der Waals surface area contributed by atoms with Gasteiger partial charge in [-0.15, -0.1) is 12.4 Å². The lowest BCUT2D eigenvalue weighted by Gasteiger charge is -2.34. The van der Waals surface area contributed by atoms with Crippen LogP contribution in [0, 0.1) is 0 Å². The molecule has 1 aliphatic heterocycles. The second kappa shape index (κ2) is 7.72. The van der Waals surface area contributed by atoms with Crippen LogP contribution in [0.3, 0.4) is 0 Å². The largest absolute Gasteiger partial charge is 0.343 e. The number of anilines is 1. The van der Waals surface area contributed by atoms with Crippen LogP contribution in [0.2, 0.25) is 5.02 Å². The predicted molar refractivity (Wildman–Crippen MR) is 97.6 cm³/mol. The fourth-order valence-corrected chi connectivity index (χ4v) is 3.69. The Hall–Kier alpha value is -1.30. The number of amides is 2. The number of para-hydroxylation sites is 1. The number of rotatable bonds is 3. The molecule has 1 heterocycles. The van der Waals surface area contributed by atoms with E-state index in [1.807, 2.05) is 18.2 Å². The molecule has 0 radical (unpaired) electrons. The first-order valence-corrected chi connectivity index (χ1v) is 8.55. The van der Waals surface area contributed by atoms with Gasteiger partial charge >= 0.3 is 0 Å². The summed E-state index contributed by atoms with van der Waals surface area (Å²) in [6.45, 7) is 0.614. The third-order valence-electron chi connectivity index (χ3n) is 4.84. The Labute approximate surface area is 153 Å². The smallest absolute Gasteiger partial charge is 0.249 e. The molecule has 0 bridgehead atoms. The van der Waals surface area contributed by atoms with Crippen LogP contribution >= 0.6 is 24.0 Å². The van der Waals surface area contributed by atoms with Crippen molar-refractivity contribution in [2.75, 3.05) is 11.4 Å². The van der Waals surface area contributed by atoms with Crippen molar-refractivity contribution in [2.24, 2.45) is 5.73 Å². The van der Waals surface area contributed by atoms with Crippen LogP contribution < -0.4 is 16.0 Å². The van der Waals surface area contributed by atoms with Crippen molar-refractivity contribution in [3.8, 4) is 0 Å². The molecule has 0 spiro atoms. The van der Waals surface area contributed by atoms with E-state index in [2.05, 4.69) is 5.32 Å². The van der Waals surface area contributed by atoms with Gasteiger partial charge in [-0.2, -0.15) is 0 Å². The fourth-order valence-electron chi connectivity index (χ4n) is 3.45. The number of benzene rings is 1. The highest BCUT2D eigenvalue weighted by atomic mass is 35.5. The quantitative estimate of drug-likeness (QED) is 0.857. The molecule has 2 aliphatic rings. The number of carbonyl (C=O) groups is 2. The van der Waals surface area contributed by atoms with Crippen molar-refractivity contribution in [3.63, 3.8) is 0 Å². The lowest BCUT2D eigenvalue weighted by Crippen LogP contribution is -2.59. The minimum atomic E-state index is -0.813. The number of halogens is 2. The predicted octanol–water partition coefficient (Wildman–Crippen LogP) is 2.64. The summed E-state index contributed by atoms with van der Waals surface area (Å²) in [5.74, 6) is -0.311. The summed E-state index contributed by atoms with van der Waals surface area (Å²) in [5.41, 5.74) is 6.06. The zero-order chi connectivity index (χ0) is 16.4. The first-order valence-electron chi connectivity index (χ1n) is 8.17. The van der Waals surface area contributed by atoms with Crippen molar-refractivity contribution in [1.29, 1.82) is 0 Å². The van der Waals surface area contributed by atoms with Gasteiger partial charge in [-0.1, -0.05) is 36.6 Å². The molecule has 5 nitrogen and oxygen atoms in total. The molecule has 1 saturated carbocycles. The van der Waals surface area contributed by atoms with Crippen molar-refractivity contribution < 1.29 is 9.59 Å². The molecular weight excluding hydrogens is 349 g/mol. The maximum atomic E-state index is 12.7. The van der Waals surface area contributed by atoms with Crippen LogP contribution in [0.5, 0.6) is 0 Å². The molecular formula is C17H23Cl2N3O2. The van der Waals surface area contributed by atoms with E-state index < -0.39 is 11.6 Å². The zero-order valence-corrected chi connectivity index (χ0v) is 15.0. The van der Waals surface area contributed by atoms with Gasteiger partial charge in [0.1, 0.15) is 6.04 Å². The van der Waals surface area contributed by atoms with Crippen LogP contribution in [-0.4, -0.2) is 29.9 Å². The minimum absolute atomic E-state index is 0. The molecule has 1 aliphatic carbocycles. The number of hydrogen-bond donors (Lipinski definition) is 2. The molecule has 1 saturated heterocycles. The molecule has 24 heavy (non-hydrogen) atoms. The maximum absolute atomic E-state index is 12.7. The van der Waals surface area contributed by atoms with Gasteiger partial charge in [-0.3, -0.25) is 9.59 Å². The maximum Gasteiger partial charge on any atom is 0.249 e. The van der Waals surface area contributed by atoms with Gasteiger partial charge in [0.2, 0.25) is 11.8 Å². The minimum Gasteiger partial charge on any atom is -0.343 e. The summed E-state index contributed by atoms with van der Waals surface area (Å²) >= 11 is 6.20. The summed E-state index contributed by atoms with van der Waals surface area (Å²) in [4.78, 5) is 26.9. The Morgan fingerprint density at radius 2 is 1.92 bits per heavy atom. The molecule has 7 heteroatoms. The molecule has 1 aromatic carbocycles. The Balaban J connectivity index is 0.00000208. The molecule has 1 unspecified atom stereocenters. The molecule has 0 aromatic heterocycles. The summed E-state index contributed by atoms with van der Waals surface area (Å²) < 4.78 is 0. The van der Waals surface area contributed by atoms with Crippen LogP contribution in [0.25, 0.3) is 0 Å². The highest BCUT2D eigenvalue weighted by Gasteiger charge is 2.40. The van der Waals surface area contributed by atoms with E-state index in [0.717, 1.165) is 19.3 Å². The van der Waals surface area contributed by atoms with E-state index in [9.17, 15) is 9.59 Å². The Bertz CT molecular complexity index is 618. The van der Waals surface area contributed by atoms with Gasteiger partial charge in [0.05, 0.1) is 16.2 Å². The van der Waals surface area contributed by atoms with Gasteiger partial charge in [0.25, 0.3) is 0 Å². The first kappa shape index (κ1) is 19.0. The Kier molecular flexibility index (Phi) is 6.12. The average Bonchev–Trinajstić information content (AvgIpc) is 2.98. The molecule has 2 fully saturated rings. The topological polar surface area (TPSA) is 75.4 Å². The van der Waals surface area contributed by atoms with Crippen LogP contribution in [-0.2, 0) is 9.59 Å². The fraction of sp³-hybridized carbons (Fsp3) is 0.529. The van der Waals surface area contributed by atoms with Gasteiger partial charge in [-0.25, -0.2) is 0 Å². The molecule has 3 rings (SSSR count).